The number of benzene rings is 3. The number of ether oxygens (including phenoxy) is 2. The normalized spacial score (nSPS) is 20.1. The summed E-state index contributed by atoms with van der Waals surface area (Å²) in [6, 6.07) is 24.1. The molecular weight excluding hydrogens is 372 g/mol. The van der Waals surface area contributed by atoms with Crippen LogP contribution in [0, 0.1) is 0 Å². The molecule has 0 aromatic heterocycles. The SMILES string of the molecule is COc1cccc([C@H]2Oc3ccccc3[C@H]3CC(c4cccc(Cl)c4)=NN32)c1. The first-order chi connectivity index (χ1) is 13.7. The fourth-order valence-electron chi connectivity index (χ4n) is 3.89. The summed E-state index contributed by atoms with van der Waals surface area (Å²) in [6.07, 6.45) is 0.493. The molecule has 0 radical (unpaired) electrons. The molecule has 3 aromatic rings. The highest BCUT2D eigenvalue weighted by molar-refractivity contribution is 6.31. The molecule has 0 unspecified atom stereocenters. The Labute approximate surface area is 169 Å². The lowest BCUT2D eigenvalue weighted by molar-refractivity contribution is -0.0191. The smallest absolute Gasteiger partial charge is 0.214 e. The van der Waals surface area contributed by atoms with Crippen LogP contribution in [0.5, 0.6) is 11.5 Å². The Hall–Kier alpha value is -2.98. The molecule has 2 heterocycles. The zero-order chi connectivity index (χ0) is 19.1. The van der Waals surface area contributed by atoms with Crippen LogP contribution >= 0.6 is 11.6 Å². The fourth-order valence-corrected chi connectivity index (χ4v) is 4.08. The fraction of sp³-hybridized carbons (Fsp3) is 0.174. The van der Waals surface area contributed by atoms with Crippen molar-refractivity contribution in [3.8, 4) is 11.5 Å². The van der Waals surface area contributed by atoms with Crippen molar-refractivity contribution in [2.45, 2.75) is 18.7 Å². The van der Waals surface area contributed by atoms with E-state index in [4.69, 9.17) is 26.2 Å². The molecule has 3 aromatic carbocycles. The van der Waals surface area contributed by atoms with Crippen molar-refractivity contribution < 1.29 is 9.47 Å². The van der Waals surface area contributed by atoms with Crippen molar-refractivity contribution in [3.63, 3.8) is 0 Å². The van der Waals surface area contributed by atoms with Gasteiger partial charge in [0.25, 0.3) is 0 Å². The molecule has 5 rings (SSSR count). The van der Waals surface area contributed by atoms with E-state index >= 15 is 0 Å². The predicted octanol–water partition coefficient (Wildman–Crippen LogP) is 5.59. The van der Waals surface area contributed by atoms with Crippen molar-refractivity contribution >= 4 is 17.3 Å². The van der Waals surface area contributed by atoms with Gasteiger partial charge in [-0.3, -0.25) is 0 Å². The number of methoxy groups -OCH3 is 1. The zero-order valence-corrected chi connectivity index (χ0v) is 16.1. The topological polar surface area (TPSA) is 34.1 Å². The average Bonchev–Trinajstić information content (AvgIpc) is 3.19. The van der Waals surface area contributed by atoms with E-state index < -0.39 is 0 Å². The lowest BCUT2D eigenvalue weighted by Crippen LogP contribution is -2.33. The second kappa shape index (κ2) is 6.88. The van der Waals surface area contributed by atoms with Gasteiger partial charge in [-0.15, -0.1) is 0 Å². The molecule has 2 aliphatic heterocycles. The summed E-state index contributed by atoms with van der Waals surface area (Å²) < 4.78 is 11.8. The molecule has 0 bridgehead atoms. The van der Waals surface area contributed by atoms with Crippen LogP contribution in [0.1, 0.15) is 35.4 Å². The van der Waals surface area contributed by atoms with E-state index in [9.17, 15) is 0 Å². The Kier molecular flexibility index (Phi) is 4.21. The van der Waals surface area contributed by atoms with E-state index in [0.29, 0.717) is 5.02 Å². The molecule has 4 nitrogen and oxygen atoms in total. The number of halogens is 1. The molecule has 0 saturated heterocycles. The maximum absolute atomic E-state index is 6.38. The lowest BCUT2D eigenvalue weighted by Gasteiger charge is -2.38. The number of hydrogen-bond acceptors (Lipinski definition) is 4. The van der Waals surface area contributed by atoms with Gasteiger partial charge in [0.05, 0.1) is 18.9 Å². The summed E-state index contributed by atoms with van der Waals surface area (Å²) >= 11 is 6.21. The second-order valence-electron chi connectivity index (χ2n) is 6.94. The van der Waals surface area contributed by atoms with Crippen LogP contribution in [0.3, 0.4) is 0 Å². The minimum absolute atomic E-state index is 0.120. The average molecular weight is 391 g/mol. The molecular formula is C23H19ClN2O2. The van der Waals surface area contributed by atoms with Gasteiger partial charge < -0.3 is 9.47 Å². The number of rotatable bonds is 3. The highest BCUT2D eigenvalue weighted by Gasteiger charge is 2.40. The Bertz CT molecular complexity index is 1070. The minimum atomic E-state index is -0.313. The highest BCUT2D eigenvalue weighted by atomic mass is 35.5. The summed E-state index contributed by atoms with van der Waals surface area (Å²) in [6.45, 7) is 0. The first-order valence-electron chi connectivity index (χ1n) is 9.24. The van der Waals surface area contributed by atoms with Gasteiger partial charge in [-0.25, -0.2) is 5.01 Å². The molecule has 2 atom stereocenters. The number of hydrogen-bond donors (Lipinski definition) is 0. The van der Waals surface area contributed by atoms with Crippen LogP contribution in [0.25, 0.3) is 0 Å². The molecule has 0 amide bonds. The van der Waals surface area contributed by atoms with E-state index in [1.54, 1.807) is 7.11 Å². The van der Waals surface area contributed by atoms with E-state index in [-0.39, 0.29) is 12.3 Å². The zero-order valence-electron chi connectivity index (χ0n) is 15.4. The summed E-state index contributed by atoms with van der Waals surface area (Å²) in [5, 5.41) is 7.74. The summed E-state index contributed by atoms with van der Waals surface area (Å²) in [4.78, 5) is 0. The summed E-state index contributed by atoms with van der Waals surface area (Å²) in [5.41, 5.74) is 4.22. The van der Waals surface area contributed by atoms with E-state index in [1.165, 1.54) is 0 Å². The number of fused-ring (bicyclic) bond motifs is 3. The van der Waals surface area contributed by atoms with E-state index in [0.717, 1.165) is 40.3 Å². The Balaban J connectivity index is 1.60. The summed E-state index contributed by atoms with van der Waals surface area (Å²) in [5.74, 6) is 1.70. The van der Waals surface area contributed by atoms with Crippen LogP contribution in [-0.2, 0) is 0 Å². The monoisotopic (exact) mass is 390 g/mol. The van der Waals surface area contributed by atoms with Crippen LogP contribution in [-0.4, -0.2) is 17.8 Å². The van der Waals surface area contributed by atoms with E-state index in [1.807, 2.05) is 60.7 Å². The minimum Gasteiger partial charge on any atom is -0.497 e. The number of hydrazone groups is 1. The molecule has 0 aliphatic carbocycles. The van der Waals surface area contributed by atoms with Gasteiger partial charge in [-0.2, -0.15) is 5.10 Å². The third kappa shape index (κ3) is 2.90. The van der Waals surface area contributed by atoms with Crippen molar-refractivity contribution in [2.24, 2.45) is 5.10 Å². The molecule has 0 fully saturated rings. The van der Waals surface area contributed by atoms with Gasteiger partial charge >= 0.3 is 0 Å². The lowest BCUT2D eigenvalue weighted by atomic mass is 9.96. The summed E-state index contributed by atoms with van der Waals surface area (Å²) in [7, 11) is 1.67. The van der Waals surface area contributed by atoms with E-state index in [2.05, 4.69) is 17.1 Å². The first-order valence-corrected chi connectivity index (χ1v) is 9.62. The van der Waals surface area contributed by atoms with Crippen LogP contribution in [0.2, 0.25) is 5.02 Å². The standard InChI is InChI=1S/C23H19ClN2O2/c1-27-18-9-5-7-16(13-18)23-26-21(19-10-2-3-11-22(19)28-23)14-20(25-26)15-6-4-8-17(24)12-15/h2-13,21,23H,14H2,1H3/t21-,23-/m1/s1. The third-order valence-electron chi connectivity index (χ3n) is 5.24. The largest absolute Gasteiger partial charge is 0.497 e. The van der Waals surface area contributed by atoms with Crippen LogP contribution in [0.15, 0.2) is 77.9 Å². The molecule has 5 heteroatoms. The van der Waals surface area contributed by atoms with Gasteiger partial charge in [-0.1, -0.05) is 54.1 Å². The van der Waals surface area contributed by atoms with Gasteiger partial charge in [0.2, 0.25) is 6.23 Å². The van der Waals surface area contributed by atoms with Crippen molar-refractivity contribution in [1.82, 2.24) is 5.01 Å². The first kappa shape index (κ1) is 17.1. The Morgan fingerprint density at radius 3 is 2.75 bits per heavy atom. The van der Waals surface area contributed by atoms with Crippen molar-refractivity contribution in [3.05, 3.63) is 94.5 Å². The second-order valence-corrected chi connectivity index (χ2v) is 7.38. The van der Waals surface area contributed by atoms with Gasteiger partial charge in [0, 0.05) is 22.6 Å². The number of para-hydroxylation sites is 1. The number of nitrogens with zero attached hydrogens (tertiary/aromatic N) is 2. The molecule has 2 aliphatic rings. The molecule has 0 N–H and O–H groups in total. The molecule has 0 saturated carbocycles. The van der Waals surface area contributed by atoms with Gasteiger partial charge in [0.15, 0.2) is 0 Å². The maximum Gasteiger partial charge on any atom is 0.214 e. The van der Waals surface area contributed by atoms with Crippen LogP contribution < -0.4 is 9.47 Å². The predicted molar refractivity (Wildman–Crippen MR) is 110 cm³/mol. The van der Waals surface area contributed by atoms with Gasteiger partial charge in [-0.05, 0) is 35.9 Å². The maximum atomic E-state index is 6.38. The van der Waals surface area contributed by atoms with Crippen molar-refractivity contribution in [2.75, 3.05) is 7.11 Å². The quantitative estimate of drug-likeness (QED) is 0.584. The Morgan fingerprint density at radius 2 is 1.89 bits per heavy atom. The van der Waals surface area contributed by atoms with Gasteiger partial charge in [0.1, 0.15) is 11.5 Å². The van der Waals surface area contributed by atoms with Crippen LogP contribution in [0.4, 0.5) is 0 Å². The molecule has 140 valence electrons. The third-order valence-corrected chi connectivity index (χ3v) is 5.47. The molecule has 0 spiro atoms. The molecule has 28 heavy (non-hydrogen) atoms. The Morgan fingerprint density at radius 1 is 1.04 bits per heavy atom. The highest BCUT2D eigenvalue weighted by Crippen LogP contribution is 2.47. The van der Waals surface area contributed by atoms with Crippen molar-refractivity contribution in [1.29, 1.82) is 0 Å².